The summed E-state index contributed by atoms with van der Waals surface area (Å²) in [6.45, 7) is 2.93. The zero-order valence-corrected chi connectivity index (χ0v) is 8.95. The van der Waals surface area contributed by atoms with E-state index in [2.05, 4.69) is 17.2 Å². The van der Waals surface area contributed by atoms with Crippen LogP contribution in [0.15, 0.2) is 30.3 Å². The topological polar surface area (TPSA) is 34.1 Å². The average Bonchev–Trinajstić information content (AvgIpc) is 2.28. The fourth-order valence-electron chi connectivity index (χ4n) is 1.58. The first-order valence-corrected chi connectivity index (χ1v) is 5.02. The number of benzene rings is 1. The molecule has 0 spiro atoms. The smallest absolute Gasteiger partial charge is 0.128 e. The molecule has 0 saturated heterocycles. The highest BCUT2D eigenvalue weighted by Crippen LogP contribution is 2.24. The molecular weight excluding hydrogens is 188 g/mol. The summed E-state index contributed by atoms with van der Waals surface area (Å²) < 4.78 is 5.27. The SMILES string of the molecule is CCNc1ccc2c(OC)cccc2n1. The first-order valence-electron chi connectivity index (χ1n) is 5.02. The van der Waals surface area contributed by atoms with Crippen molar-refractivity contribution in [1.29, 1.82) is 0 Å². The molecule has 0 bridgehead atoms. The number of rotatable bonds is 3. The standard InChI is InChI=1S/C12H14N2O/c1-3-13-12-8-7-9-10(14-12)5-4-6-11(9)15-2/h4-8H,3H2,1-2H3,(H,13,14). The predicted octanol–water partition coefficient (Wildman–Crippen LogP) is 2.68. The molecule has 3 nitrogen and oxygen atoms in total. The van der Waals surface area contributed by atoms with Gasteiger partial charge in [-0.25, -0.2) is 4.98 Å². The van der Waals surface area contributed by atoms with Gasteiger partial charge < -0.3 is 10.1 Å². The Bertz CT molecular complexity index is 468. The number of hydrogen-bond donors (Lipinski definition) is 1. The first-order chi connectivity index (χ1) is 7.35. The lowest BCUT2D eigenvalue weighted by Gasteiger charge is -2.06. The molecule has 15 heavy (non-hydrogen) atoms. The van der Waals surface area contributed by atoms with Crippen LogP contribution in [0.3, 0.4) is 0 Å². The van der Waals surface area contributed by atoms with Gasteiger partial charge in [-0.1, -0.05) is 6.07 Å². The molecule has 1 heterocycles. The van der Waals surface area contributed by atoms with Crippen molar-refractivity contribution >= 4 is 16.7 Å². The molecule has 0 aliphatic carbocycles. The minimum absolute atomic E-state index is 0.864. The van der Waals surface area contributed by atoms with Crippen LogP contribution in [-0.2, 0) is 0 Å². The van der Waals surface area contributed by atoms with E-state index < -0.39 is 0 Å². The van der Waals surface area contributed by atoms with E-state index in [0.29, 0.717) is 0 Å². The predicted molar refractivity (Wildman–Crippen MR) is 62.5 cm³/mol. The van der Waals surface area contributed by atoms with Crippen LogP contribution in [0.4, 0.5) is 5.82 Å². The van der Waals surface area contributed by atoms with E-state index >= 15 is 0 Å². The zero-order chi connectivity index (χ0) is 10.7. The van der Waals surface area contributed by atoms with Gasteiger partial charge in [0.15, 0.2) is 0 Å². The lowest BCUT2D eigenvalue weighted by molar-refractivity contribution is 0.420. The van der Waals surface area contributed by atoms with Crippen molar-refractivity contribution < 1.29 is 4.74 Å². The minimum Gasteiger partial charge on any atom is -0.496 e. The summed E-state index contributed by atoms with van der Waals surface area (Å²) >= 11 is 0. The quantitative estimate of drug-likeness (QED) is 0.830. The van der Waals surface area contributed by atoms with E-state index in [1.807, 2.05) is 30.3 Å². The van der Waals surface area contributed by atoms with Crippen LogP contribution < -0.4 is 10.1 Å². The Balaban J connectivity index is 2.53. The van der Waals surface area contributed by atoms with Crippen molar-refractivity contribution in [1.82, 2.24) is 4.98 Å². The van der Waals surface area contributed by atoms with Crippen LogP contribution in [0.5, 0.6) is 5.75 Å². The molecular formula is C12H14N2O. The highest BCUT2D eigenvalue weighted by Gasteiger charge is 2.02. The third-order valence-corrected chi connectivity index (χ3v) is 2.27. The van der Waals surface area contributed by atoms with Gasteiger partial charge in [0.25, 0.3) is 0 Å². The van der Waals surface area contributed by atoms with Gasteiger partial charge in [-0.15, -0.1) is 0 Å². The molecule has 0 aliphatic rings. The number of hydrogen-bond acceptors (Lipinski definition) is 3. The number of anilines is 1. The van der Waals surface area contributed by atoms with E-state index in [1.54, 1.807) is 7.11 Å². The summed E-state index contributed by atoms with van der Waals surface area (Å²) in [5.74, 6) is 1.77. The van der Waals surface area contributed by atoms with Crippen LogP contribution in [0.25, 0.3) is 10.9 Å². The molecule has 2 aromatic rings. The molecule has 0 radical (unpaired) electrons. The Hall–Kier alpha value is -1.77. The summed E-state index contributed by atoms with van der Waals surface area (Å²) in [6, 6.07) is 9.87. The van der Waals surface area contributed by atoms with Crippen molar-refractivity contribution in [2.75, 3.05) is 19.0 Å². The summed E-state index contributed by atoms with van der Waals surface area (Å²) in [4.78, 5) is 4.48. The van der Waals surface area contributed by atoms with E-state index in [0.717, 1.165) is 29.0 Å². The van der Waals surface area contributed by atoms with Gasteiger partial charge >= 0.3 is 0 Å². The maximum atomic E-state index is 5.27. The molecule has 0 fully saturated rings. The van der Waals surface area contributed by atoms with Crippen molar-refractivity contribution in [2.45, 2.75) is 6.92 Å². The monoisotopic (exact) mass is 202 g/mol. The maximum absolute atomic E-state index is 5.27. The Labute approximate surface area is 89.1 Å². The lowest BCUT2D eigenvalue weighted by Crippen LogP contribution is -1.99. The van der Waals surface area contributed by atoms with E-state index in [-0.39, 0.29) is 0 Å². The van der Waals surface area contributed by atoms with Crippen molar-refractivity contribution in [3.05, 3.63) is 30.3 Å². The Morgan fingerprint density at radius 3 is 2.87 bits per heavy atom. The molecule has 0 saturated carbocycles. The number of methoxy groups -OCH3 is 1. The van der Waals surface area contributed by atoms with Crippen LogP contribution in [-0.4, -0.2) is 18.6 Å². The number of fused-ring (bicyclic) bond motifs is 1. The molecule has 0 aliphatic heterocycles. The van der Waals surface area contributed by atoms with E-state index in [4.69, 9.17) is 4.74 Å². The van der Waals surface area contributed by atoms with Crippen molar-refractivity contribution in [2.24, 2.45) is 0 Å². The molecule has 78 valence electrons. The van der Waals surface area contributed by atoms with Gasteiger partial charge in [0, 0.05) is 11.9 Å². The summed E-state index contributed by atoms with van der Waals surface area (Å²) in [7, 11) is 1.67. The zero-order valence-electron chi connectivity index (χ0n) is 8.95. The third-order valence-electron chi connectivity index (χ3n) is 2.27. The van der Waals surface area contributed by atoms with Crippen LogP contribution in [0.1, 0.15) is 6.92 Å². The lowest BCUT2D eigenvalue weighted by atomic mass is 10.2. The third kappa shape index (κ3) is 1.86. The fourth-order valence-corrected chi connectivity index (χ4v) is 1.58. The highest BCUT2D eigenvalue weighted by atomic mass is 16.5. The van der Waals surface area contributed by atoms with Gasteiger partial charge in [0.1, 0.15) is 11.6 Å². The maximum Gasteiger partial charge on any atom is 0.128 e. The number of nitrogens with one attached hydrogen (secondary N) is 1. The second-order valence-corrected chi connectivity index (χ2v) is 3.25. The second kappa shape index (κ2) is 4.17. The van der Waals surface area contributed by atoms with Crippen LogP contribution >= 0.6 is 0 Å². The Morgan fingerprint density at radius 1 is 1.27 bits per heavy atom. The largest absolute Gasteiger partial charge is 0.496 e. The number of pyridine rings is 1. The van der Waals surface area contributed by atoms with E-state index in [9.17, 15) is 0 Å². The summed E-state index contributed by atoms with van der Waals surface area (Å²) in [6.07, 6.45) is 0. The van der Waals surface area contributed by atoms with E-state index in [1.165, 1.54) is 0 Å². The van der Waals surface area contributed by atoms with Gasteiger partial charge in [0.2, 0.25) is 0 Å². The molecule has 2 rings (SSSR count). The van der Waals surface area contributed by atoms with Crippen LogP contribution in [0, 0.1) is 0 Å². The first kappa shape index (κ1) is 9.77. The van der Waals surface area contributed by atoms with Gasteiger partial charge in [-0.2, -0.15) is 0 Å². The number of nitrogens with zero attached hydrogens (tertiary/aromatic N) is 1. The molecule has 3 heteroatoms. The molecule has 1 aromatic heterocycles. The van der Waals surface area contributed by atoms with Gasteiger partial charge in [-0.05, 0) is 31.2 Å². The molecule has 0 atom stereocenters. The minimum atomic E-state index is 0.864. The number of ether oxygens (including phenoxy) is 1. The normalized spacial score (nSPS) is 10.3. The Kier molecular flexibility index (Phi) is 2.72. The van der Waals surface area contributed by atoms with Crippen molar-refractivity contribution in [3.63, 3.8) is 0 Å². The fraction of sp³-hybridized carbons (Fsp3) is 0.250. The van der Waals surface area contributed by atoms with Gasteiger partial charge in [-0.3, -0.25) is 0 Å². The summed E-state index contributed by atoms with van der Waals surface area (Å²) in [5.41, 5.74) is 0.952. The van der Waals surface area contributed by atoms with Crippen LogP contribution in [0.2, 0.25) is 0 Å². The molecule has 0 unspecified atom stereocenters. The summed E-state index contributed by atoms with van der Waals surface area (Å²) in [5, 5.41) is 4.23. The van der Waals surface area contributed by atoms with Crippen molar-refractivity contribution in [3.8, 4) is 5.75 Å². The second-order valence-electron chi connectivity index (χ2n) is 3.25. The molecule has 0 amide bonds. The van der Waals surface area contributed by atoms with Gasteiger partial charge in [0.05, 0.1) is 12.6 Å². The number of aromatic nitrogens is 1. The highest BCUT2D eigenvalue weighted by molar-refractivity contribution is 5.86. The average molecular weight is 202 g/mol. The Morgan fingerprint density at radius 2 is 2.13 bits per heavy atom. The molecule has 1 N–H and O–H groups in total. The molecule has 1 aromatic carbocycles.